The number of nitrogens with one attached hydrogen (secondary N) is 2. The van der Waals surface area contributed by atoms with E-state index in [1.165, 1.54) is 11.8 Å². The minimum Gasteiger partial charge on any atom is -0.465 e. The molecule has 7 heteroatoms. The monoisotopic (exact) mass is 320 g/mol. The zero-order chi connectivity index (χ0) is 15.8. The molecule has 0 saturated heterocycles. The Bertz CT molecular complexity index is 605. The molecule has 2 aromatic heterocycles. The van der Waals surface area contributed by atoms with Crippen molar-refractivity contribution in [3.63, 3.8) is 0 Å². The number of rotatable bonds is 8. The van der Waals surface area contributed by atoms with Crippen molar-refractivity contribution in [1.82, 2.24) is 20.5 Å². The molecule has 2 N–H and O–H groups in total. The van der Waals surface area contributed by atoms with Gasteiger partial charge in [-0.05, 0) is 36.6 Å². The highest BCUT2D eigenvalue weighted by atomic mass is 32.2. The van der Waals surface area contributed by atoms with Gasteiger partial charge in [0, 0.05) is 6.54 Å². The van der Waals surface area contributed by atoms with Gasteiger partial charge in [0.05, 0.1) is 12.0 Å². The van der Waals surface area contributed by atoms with Gasteiger partial charge in [-0.25, -0.2) is 4.98 Å². The van der Waals surface area contributed by atoms with E-state index in [1.807, 2.05) is 12.1 Å². The highest BCUT2D eigenvalue weighted by Gasteiger charge is 2.06. The molecular weight excluding hydrogens is 300 g/mol. The van der Waals surface area contributed by atoms with E-state index in [0.29, 0.717) is 29.2 Å². The van der Waals surface area contributed by atoms with Gasteiger partial charge in [0.2, 0.25) is 11.1 Å². The lowest BCUT2D eigenvalue weighted by atomic mass is 10.1. The van der Waals surface area contributed by atoms with Crippen molar-refractivity contribution in [3.05, 3.63) is 30.0 Å². The number of thioether (sulfide) groups is 1. The minimum atomic E-state index is 0.00290. The van der Waals surface area contributed by atoms with Crippen molar-refractivity contribution in [2.24, 2.45) is 5.92 Å². The average molecular weight is 320 g/mol. The number of aromatic amines is 1. The Morgan fingerprint density at radius 3 is 3.09 bits per heavy atom. The minimum absolute atomic E-state index is 0.00290. The lowest BCUT2D eigenvalue weighted by Crippen LogP contribution is -2.26. The summed E-state index contributed by atoms with van der Waals surface area (Å²) < 4.78 is 5.19. The number of nitrogens with zero attached hydrogens (tertiary/aromatic N) is 2. The van der Waals surface area contributed by atoms with E-state index in [-0.39, 0.29) is 5.91 Å². The summed E-state index contributed by atoms with van der Waals surface area (Å²) in [5, 5.41) is 10.3. The van der Waals surface area contributed by atoms with Crippen molar-refractivity contribution >= 4 is 29.8 Å². The van der Waals surface area contributed by atoms with E-state index >= 15 is 0 Å². The van der Waals surface area contributed by atoms with Gasteiger partial charge in [-0.15, -0.1) is 5.10 Å². The quantitative estimate of drug-likeness (QED) is 0.731. The topological polar surface area (TPSA) is 83.8 Å². The van der Waals surface area contributed by atoms with Crippen molar-refractivity contribution in [1.29, 1.82) is 0 Å². The zero-order valence-electron chi connectivity index (χ0n) is 12.7. The molecule has 22 heavy (non-hydrogen) atoms. The predicted octanol–water partition coefficient (Wildman–Crippen LogP) is 2.82. The third-order valence-electron chi connectivity index (χ3n) is 2.81. The lowest BCUT2D eigenvalue weighted by molar-refractivity contribution is -0.118. The zero-order valence-corrected chi connectivity index (χ0v) is 13.5. The molecule has 0 saturated carbocycles. The van der Waals surface area contributed by atoms with Crippen LogP contribution in [0, 0.1) is 5.92 Å². The summed E-state index contributed by atoms with van der Waals surface area (Å²) in [5.41, 5.74) is 0. The standard InChI is InChI=1S/C15H20N4O2S/c1-11(2)7-8-16-14(20)10-22-15-17-13(18-19-15)6-5-12-4-3-9-21-12/h3-6,9,11H,7-8,10H2,1-2H3,(H,16,20)(H,17,18,19)/b6-5+. The summed E-state index contributed by atoms with van der Waals surface area (Å²) in [6.45, 7) is 4.97. The Balaban J connectivity index is 1.74. The van der Waals surface area contributed by atoms with Gasteiger partial charge in [-0.3, -0.25) is 9.89 Å². The maximum Gasteiger partial charge on any atom is 0.230 e. The molecule has 0 spiro atoms. The van der Waals surface area contributed by atoms with Crippen LogP contribution in [0.25, 0.3) is 12.2 Å². The summed E-state index contributed by atoms with van der Waals surface area (Å²) in [6.07, 6.45) is 6.17. The van der Waals surface area contributed by atoms with E-state index < -0.39 is 0 Å². The summed E-state index contributed by atoms with van der Waals surface area (Å²) in [7, 11) is 0. The maximum absolute atomic E-state index is 11.7. The number of carbonyl (C=O) groups is 1. The van der Waals surface area contributed by atoms with Crippen LogP contribution >= 0.6 is 11.8 Å². The molecule has 0 fully saturated rings. The first kappa shape index (κ1) is 16.4. The molecule has 0 atom stereocenters. The van der Waals surface area contributed by atoms with Gasteiger partial charge in [-0.2, -0.15) is 0 Å². The van der Waals surface area contributed by atoms with Crippen LogP contribution in [0.2, 0.25) is 0 Å². The molecule has 2 rings (SSSR count). The van der Waals surface area contributed by atoms with Gasteiger partial charge in [0.15, 0.2) is 0 Å². The third kappa shape index (κ3) is 5.77. The van der Waals surface area contributed by atoms with E-state index in [0.717, 1.165) is 12.2 Å². The number of aromatic nitrogens is 3. The summed E-state index contributed by atoms with van der Waals surface area (Å²) in [5.74, 6) is 2.28. The molecule has 2 aromatic rings. The van der Waals surface area contributed by atoms with Crippen LogP contribution < -0.4 is 5.32 Å². The predicted molar refractivity (Wildman–Crippen MR) is 87.2 cm³/mol. The van der Waals surface area contributed by atoms with Gasteiger partial charge < -0.3 is 9.73 Å². The Morgan fingerprint density at radius 2 is 2.36 bits per heavy atom. The lowest BCUT2D eigenvalue weighted by Gasteiger charge is -2.05. The van der Waals surface area contributed by atoms with Crippen LogP contribution in [0.3, 0.4) is 0 Å². The normalized spacial score (nSPS) is 11.4. The van der Waals surface area contributed by atoms with E-state index in [4.69, 9.17) is 4.42 Å². The van der Waals surface area contributed by atoms with E-state index in [9.17, 15) is 4.79 Å². The fourth-order valence-electron chi connectivity index (χ4n) is 1.63. The van der Waals surface area contributed by atoms with Gasteiger partial charge in [0.25, 0.3) is 0 Å². The van der Waals surface area contributed by atoms with Crippen molar-refractivity contribution < 1.29 is 9.21 Å². The third-order valence-corrected chi connectivity index (χ3v) is 3.65. The first-order valence-electron chi connectivity index (χ1n) is 7.17. The highest BCUT2D eigenvalue weighted by Crippen LogP contribution is 2.13. The largest absolute Gasteiger partial charge is 0.465 e. The first-order valence-corrected chi connectivity index (χ1v) is 8.15. The molecule has 0 aliphatic carbocycles. The second-order valence-corrected chi connectivity index (χ2v) is 6.12. The van der Waals surface area contributed by atoms with Crippen LogP contribution in [0.1, 0.15) is 31.9 Å². The van der Waals surface area contributed by atoms with Crippen LogP contribution in [0.5, 0.6) is 0 Å². The Kier molecular flexibility index (Phi) is 6.27. The number of furan rings is 1. The van der Waals surface area contributed by atoms with Crippen molar-refractivity contribution in [2.75, 3.05) is 12.3 Å². The molecule has 0 aliphatic rings. The Labute approximate surface area is 133 Å². The molecule has 0 bridgehead atoms. The molecular formula is C15H20N4O2S. The molecule has 0 radical (unpaired) electrons. The maximum atomic E-state index is 11.7. The van der Waals surface area contributed by atoms with Crippen LogP contribution in [-0.4, -0.2) is 33.4 Å². The van der Waals surface area contributed by atoms with Crippen molar-refractivity contribution in [3.8, 4) is 0 Å². The number of hydrogen-bond acceptors (Lipinski definition) is 5. The smallest absolute Gasteiger partial charge is 0.230 e. The molecule has 0 aliphatic heterocycles. The fourth-order valence-corrected chi connectivity index (χ4v) is 2.26. The summed E-state index contributed by atoms with van der Waals surface area (Å²) in [4.78, 5) is 15.9. The SMILES string of the molecule is CC(C)CCNC(=O)CSc1n[nH]c(/C=C/c2ccco2)n1. The Morgan fingerprint density at radius 1 is 1.50 bits per heavy atom. The summed E-state index contributed by atoms with van der Waals surface area (Å²) >= 11 is 1.31. The molecule has 1 amide bonds. The van der Waals surface area contributed by atoms with Gasteiger partial charge in [0.1, 0.15) is 11.6 Å². The van der Waals surface area contributed by atoms with E-state index in [1.54, 1.807) is 18.4 Å². The van der Waals surface area contributed by atoms with Crippen LogP contribution in [-0.2, 0) is 4.79 Å². The molecule has 2 heterocycles. The molecule has 0 aromatic carbocycles. The number of H-pyrrole nitrogens is 1. The number of carbonyl (C=O) groups excluding carboxylic acids is 1. The van der Waals surface area contributed by atoms with Crippen LogP contribution in [0.15, 0.2) is 28.0 Å². The van der Waals surface area contributed by atoms with Gasteiger partial charge >= 0.3 is 0 Å². The number of amides is 1. The van der Waals surface area contributed by atoms with Gasteiger partial charge in [-0.1, -0.05) is 25.6 Å². The second kappa shape index (κ2) is 8.43. The first-order chi connectivity index (χ1) is 10.6. The fraction of sp³-hybridized carbons (Fsp3) is 0.400. The second-order valence-electron chi connectivity index (χ2n) is 5.17. The summed E-state index contributed by atoms with van der Waals surface area (Å²) in [6, 6.07) is 3.67. The highest BCUT2D eigenvalue weighted by molar-refractivity contribution is 7.99. The molecule has 118 valence electrons. The number of hydrogen-bond donors (Lipinski definition) is 2. The average Bonchev–Trinajstić information content (AvgIpc) is 3.14. The molecule has 6 nitrogen and oxygen atoms in total. The van der Waals surface area contributed by atoms with Crippen molar-refractivity contribution in [2.45, 2.75) is 25.4 Å². The van der Waals surface area contributed by atoms with Crippen LogP contribution in [0.4, 0.5) is 0 Å². The Hall–Kier alpha value is -2.02. The molecule has 0 unspecified atom stereocenters. The van der Waals surface area contributed by atoms with E-state index in [2.05, 4.69) is 34.3 Å².